The molecule has 2 aliphatic heterocycles. The van der Waals surface area contributed by atoms with Crippen molar-refractivity contribution in [1.82, 2.24) is 4.90 Å². The van der Waals surface area contributed by atoms with Crippen molar-refractivity contribution in [2.24, 2.45) is 0 Å². The fraction of sp³-hybridized carbons (Fsp3) is 0.364. The molecule has 3 rings (SSSR count). The highest BCUT2D eigenvalue weighted by atomic mass is 32.2. The fourth-order valence-corrected chi connectivity index (χ4v) is 3.63. The van der Waals surface area contributed by atoms with Gasteiger partial charge in [-0.1, -0.05) is 0 Å². The third kappa shape index (κ3) is 1.46. The molecule has 84 valence electrons. The molecule has 0 radical (unpaired) electrons. The van der Waals surface area contributed by atoms with Gasteiger partial charge in [-0.25, -0.2) is 0 Å². The standard InChI is InChI=1S/C11H11NO2S2/c1-13-7-2-3-9-8(6-7)10-12(4-5-16-10)11(15)14-9/h2-3,6,10H,4-5H2,1H3. The van der Waals surface area contributed by atoms with Crippen LogP contribution in [0.15, 0.2) is 18.2 Å². The van der Waals surface area contributed by atoms with Gasteiger partial charge in [0.05, 0.1) is 7.11 Å². The Hall–Kier alpha value is -0.940. The minimum Gasteiger partial charge on any atom is -0.497 e. The van der Waals surface area contributed by atoms with E-state index in [1.807, 2.05) is 30.0 Å². The molecule has 0 N–H and O–H groups in total. The van der Waals surface area contributed by atoms with Gasteiger partial charge in [0.2, 0.25) is 0 Å². The summed E-state index contributed by atoms with van der Waals surface area (Å²) in [5, 5.41) is 0.888. The lowest BCUT2D eigenvalue weighted by molar-refractivity contribution is 0.332. The lowest BCUT2D eigenvalue weighted by Crippen LogP contribution is -2.36. The molecule has 1 aromatic carbocycles. The van der Waals surface area contributed by atoms with E-state index in [0.29, 0.717) is 10.5 Å². The van der Waals surface area contributed by atoms with E-state index in [0.717, 1.165) is 29.4 Å². The van der Waals surface area contributed by atoms with Crippen molar-refractivity contribution in [3.63, 3.8) is 0 Å². The Kier molecular flexibility index (Phi) is 2.44. The number of methoxy groups -OCH3 is 1. The van der Waals surface area contributed by atoms with Gasteiger partial charge in [-0.05, 0) is 30.4 Å². The number of hydrogen-bond donors (Lipinski definition) is 0. The number of thiocarbonyl (C=S) groups is 1. The predicted molar refractivity (Wildman–Crippen MR) is 68.1 cm³/mol. The average Bonchev–Trinajstić information content (AvgIpc) is 2.78. The third-order valence-corrected chi connectivity index (χ3v) is 4.37. The third-order valence-electron chi connectivity index (χ3n) is 2.81. The van der Waals surface area contributed by atoms with Gasteiger partial charge in [0.15, 0.2) is 0 Å². The van der Waals surface area contributed by atoms with Crippen LogP contribution in [0.25, 0.3) is 0 Å². The summed E-state index contributed by atoms with van der Waals surface area (Å²) in [5.74, 6) is 2.81. The average molecular weight is 253 g/mol. The molecule has 0 spiro atoms. The van der Waals surface area contributed by atoms with Crippen LogP contribution in [0, 0.1) is 0 Å². The van der Waals surface area contributed by atoms with Gasteiger partial charge in [0, 0.05) is 17.9 Å². The van der Waals surface area contributed by atoms with Crippen molar-refractivity contribution >= 4 is 29.2 Å². The molecule has 1 saturated heterocycles. The Morgan fingerprint density at radius 1 is 1.56 bits per heavy atom. The van der Waals surface area contributed by atoms with Gasteiger partial charge in [0.25, 0.3) is 5.17 Å². The van der Waals surface area contributed by atoms with E-state index in [-0.39, 0.29) is 0 Å². The molecule has 2 aliphatic rings. The first-order chi connectivity index (χ1) is 7.79. The summed E-state index contributed by atoms with van der Waals surface area (Å²) < 4.78 is 10.9. The molecule has 0 aliphatic carbocycles. The smallest absolute Gasteiger partial charge is 0.266 e. The highest BCUT2D eigenvalue weighted by molar-refractivity contribution is 7.99. The van der Waals surface area contributed by atoms with Crippen molar-refractivity contribution in [1.29, 1.82) is 0 Å². The quantitative estimate of drug-likeness (QED) is 0.715. The number of hydrogen-bond acceptors (Lipinski definition) is 4. The number of ether oxygens (including phenoxy) is 2. The summed E-state index contributed by atoms with van der Waals surface area (Å²) in [7, 11) is 1.68. The number of benzene rings is 1. The number of thioether (sulfide) groups is 1. The van der Waals surface area contributed by atoms with E-state index in [2.05, 4.69) is 4.90 Å². The highest BCUT2D eigenvalue weighted by Gasteiger charge is 2.36. The van der Waals surface area contributed by atoms with Crippen LogP contribution in [0.2, 0.25) is 0 Å². The molecule has 16 heavy (non-hydrogen) atoms. The Morgan fingerprint density at radius 3 is 3.25 bits per heavy atom. The second-order valence-corrected chi connectivity index (χ2v) is 5.23. The second-order valence-electron chi connectivity index (χ2n) is 3.69. The molecule has 1 fully saturated rings. The van der Waals surface area contributed by atoms with E-state index >= 15 is 0 Å². The monoisotopic (exact) mass is 253 g/mol. The van der Waals surface area contributed by atoms with Crippen LogP contribution in [0.5, 0.6) is 11.5 Å². The van der Waals surface area contributed by atoms with Gasteiger partial charge < -0.3 is 14.4 Å². The minimum atomic E-state index is 0.298. The Bertz CT molecular complexity index is 450. The van der Waals surface area contributed by atoms with Crippen LogP contribution >= 0.6 is 24.0 Å². The normalized spacial score (nSPS) is 22.4. The van der Waals surface area contributed by atoms with E-state index in [1.54, 1.807) is 7.11 Å². The lowest BCUT2D eigenvalue weighted by Gasteiger charge is -2.32. The van der Waals surface area contributed by atoms with Crippen LogP contribution in [0.1, 0.15) is 10.9 Å². The van der Waals surface area contributed by atoms with Crippen molar-refractivity contribution in [3.8, 4) is 11.5 Å². The van der Waals surface area contributed by atoms with Crippen LogP contribution in [0.3, 0.4) is 0 Å². The molecule has 3 nitrogen and oxygen atoms in total. The van der Waals surface area contributed by atoms with E-state index in [4.69, 9.17) is 21.7 Å². The van der Waals surface area contributed by atoms with Crippen LogP contribution in [-0.2, 0) is 0 Å². The molecule has 1 aromatic rings. The summed E-state index contributed by atoms with van der Waals surface area (Å²) in [5.41, 5.74) is 1.16. The summed E-state index contributed by atoms with van der Waals surface area (Å²) in [4.78, 5) is 2.13. The number of fused-ring (bicyclic) bond motifs is 3. The van der Waals surface area contributed by atoms with Crippen LogP contribution < -0.4 is 9.47 Å². The van der Waals surface area contributed by atoms with E-state index in [1.165, 1.54) is 0 Å². The SMILES string of the molecule is COc1ccc2c(c1)C1SCCN1C(=S)O2. The van der Waals surface area contributed by atoms with Gasteiger partial charge >= 0.3 is 0 Å². The van der Waals surface area contributed by atoms with Crippen molar-refractivity contribution in [2.75, 3.05) is 19.4 Å². The first kappa shape index (κ1) is 10.2. The van der Waals surface area contributed by atoms with Gasteiger partial charge in [-0.2, -0.15) is 0 Å². The fourth-order valence-electron chi connectivity index (χ4n) is 2.01. The summed E-state index contributed by atoms with van der Waals surface area (Å²) >= 11 is 7.13. The van der Waals surface area contributed by atoms with Gasteiger partial charge in [-0.15, -0.1) is 11.8 Å². The maximum absolute atomic E-state index is 5.63. The number of nitrogens with zero attached hydrogens (tertiary/aromatic N) is 1. The van der Waals surface area contributed by atoms with Crippen LogP contribution in [-0.4, -0.2) is 29.5 Å². The molecule has 0 aromatic heterocycles. The molecule has 0 bridgehead atoms. The Labute approximate surface area is 104 Å². The first-order valence-corrected chi connectivity index (χ1v) is 6.53. The zero-order valence-electron chi connectivity index (χ0n) is 8.80. The first-order valence-electron chi connectivity index (χ1n) is 5.07. The van der Waals surface area contributed by atoms with Crippen molar-refractivity contribution in [3.05, 3.63) is 23.8 Å². The van der Waals surface area contributed by atoms with Gasteiger partial charge in [-0.3, -0.25) is 0 Å². The van der Waals surface area contributed by atoms with Crippen LogP contribution in [0.4, 0.5) is 0 Å². The minimum absolute atomic E-state index is 0.298. The molecule has 2 heterocycles. The van der Waals surface area contributed by atoms with Crippen molar-refractivity contribution in [2.45, 2.75) is 5.37 Å². The Morgan fingerprint density at radius 2 is 2.44 bits per heavy atom. The maximum Gasteiger partial charge on any atom is 0.266 e. The predicted octanol–water partition coefficient (Wildman–Crippen LogP) is 2.42. The Balaban J connectivity index is 2.08. The summed E-state index contributed by atoms with van der Waals surface area (Å²) in [6.07, 6.45) is 0. The summed E-state index contributed by atoms with van der Waals surface area (Å²) in [6.45, 7) is 0.963. The molecule has 1 unspecified atom stereocenters. The molecule has 0 amide bonds. The lowest BCUT2D eigenvalue weighted by atomic mass is 10.1. The zero-order chi connectivity index (χ0) is 11.1. The molecule has 5 heteroatoms. The largest absolute Gasteiger partial charge is 0.497 e. The van der Waals surface area contributed by atoms with Crippen molar-refractivity contribution < 1.29 is 9.47 Å². The van der Waals surface area contributed by atoms with E-state index < -0.39 is 0 Å². The number of rotatable bonds is 1. The molecular formula is C11H11NO2S2. The topological polar surface area (TPSA) is 21.7 Å². The zero-order valence-corrected chi connectivity index (χ0v) is 10.4. The second kappa shape index (κ2) is 3.82. The summed E-state index contributed by atoms with van der Waals surface area (Å²) in [6, 6.07) is 5.86. The molecule has 0 saturated carbocycles. The molecule has 1 atom stereocenters. The maximum atomic E-state index is 5.63. The molecular weight excluding hydrogens is 242 g/mol. The van der Waals surface area contributed by atoms with Gasteiger partial charge in [0.1, 0.15) is 16.9 Å². The highest BCUT2D eigenvalue weighted by Crippen LogP contribution is 2.46. The van der Waals surface area contributed by atoms with E-state index in [9.17, 15) is 0 Å².